The van der Waals surface area contributed by atoms with E-state index in [0.717, 1.165) is 64.1 Å². The Morgan fingerprint density at radius 3 is 2.80 bits per heavy atom. The standard InChI is InChI=1S/C17H33N7O/c1-4-16-22-21-14-24(16)10-7-19-17(18-2)20-13-15-5-8-23(9-6-15)11-12-25-3/h14-15H,4-13H2,1-3H3,(H2,18,19,20). The van der Waals surface area contributed by atoms with Gasteiger partial charge < -0.3 is 24.8 Å². The molecule has 142 valence electrons. The predicted octanol–water partition coefficient (Wildman–Crippen LogP) is 0.364. The number of hydrogen-bond acceptors (Lipinski definition) is 5. The van der Waals surface area contributed by atoms with Gasteiger partial charge in [0.2, 0.25) is 0 Å². The van der Waals surface area contributed by atoms with E-state index in [1.165, 1.54) is 12.8 Å². The van der Waals surface area contributed by atoms with Crippen molar-refractivity contribution < 1.29 is 4.74 Å². The molecule has 1 aromatic heterocycles. The van der Waals surface area contributed by atoms with Gasteiger partial charge >= 0.3 is 0 Å². The van der Waals surface area contributed by atoms with Crippen molar-refractivity contribution in [3.63, 3.8) is 0 Å². The van der Waals surface area contributed by atoms with E-state index in [4.69, 9.17) is 4.74 Å². The monoisotopic (exact) mass is 351 g/mol. The van der Waals surface area contributed by atoms with E-state index < -0.39 is 0 Å². The number of nitrogens with one attached hydrogen (secondary N) is 2. The Bertz CT molecular complexity index is 509. The summed E-state index contributed by atoms with van der Waals surface area (Å²) in [6.07, 6.45) is 5.15. The Kier molecular flexibility index (Phi) is 8.68. The van der Waals surface area contributed by atoms with Crippen LogP contribution in [-0.4, -0.2) is 79.1 Å². The summed E-state index contributed by atoms with van der Waals surface area (Å²) in [5, 5.41) is 14.9. The first-order chi connectivity index (χ1) is 12.3. The van der Waals surface area contributed by atoms with Crippen molar-refractivity contribution in [2.24, 2.45) is 10.9 Å². The van der Waals surface area contributed by atoms with Gasteiger partial charge in [0.15, 0.2) is 5.96 Å². The van der Waals surface area contributed by atoms with E-state index in [1.807, 2.05) is 7.05 Å². The first kappa shape index (κ1) is 19.7. The molecule has 0 aliphatic carbocycles. The molecule has 8 heteroatoms. The van der Waals surface area contributed by atoms with Gasteiger partial charge in [0.25, 0.3) is 0 Å². The van der Waals surface area contributed by atoms with Crippen molar-refractivity contribution in [3.8, 4) is 0 Å². The van der Waals surface area contributed by atoms with Crippen LogP contribution >= 0.6 is 0 Å². The highest BCUT2D eigenvalue weighted by atomic mass is 16.5. The molecule has 0 aromatic carbocycles. The zero-order valence-electron chi connectivity index (χ0n) is 15.9. The molecule has 0 radical (unpaired) electrons. The summed E-state index contributed by atoms with van der Waals surface area (Å²) < 4.78 is 7.24. The molecule has 0 atom stereocenters. The number of aliphatic imine (C=N–C) groups is 1. The van der Waals surface area contributed by atoms with Gasteiger partial charge in [-0.05, 0) is 31.8 Å². The number of methoxy groups -OCH3 is 1. The lowest BCUT2D eigenvalue weighted by atomic mass is 9.97. The number of nitrogens with zero attached hydrogens (tertiary/aromatic N) is 5. The summed E-state index contributed by atoms with van der Waals surface area (Å²) in [5.41, 5.74) is 0. The molecule has 0 amide bonds. The molecule has 2 rings (SSSR count). The lowest BCUT2D eigenvalue weighted by molar-refractivity contribution is 0.121. The number of hydrogen-bond donors (Lipinski definition) is 2. The first-order valence-corrected chi connectivity index (χ1v) is 9.29. The van der Waals surface area contributed by atoms with Crippen molar-refractivity contribution in [1.82, 2.24) is 30.3 Å². The van der Waals surface area contributed by atoms with E-state index in [2.05, 4.69) is 42.2 Å². The number of ether oxygens (including phenoxy) is 1. The fourth-order valence-electron chi connectivity index (χ4n) is 3.13. The Morgan fingerprint density at radius 2 is 2.12 bits per heavy atom. The van der Waals surface area contributed by atoms with Gasteiger partial charge in [-0.1, -0.05) is 6.92 Å². The summed E-state index contributed by atoms with van der Waals surface area (Å²) in [5.74, 6) is 2.60. The number of piperidine rings is 1. The summed E-state index contributed by atoms with van der Waals surface area (Å²) >= 11 is 0. The summed E-state index contributed by atoms with van der Waals surface area (Å²) in [6.45, 7) is 8.91. The molecule has 2 N–H and O–H groups in total. The minimum Gasteiger partial charge on any atom is -0.383 e. The van der Waals surface area contributed by atoms with Crippen LogP contribution in [0.3, 0.4) is 0 Å². The minimum absolute atomic E-state index is 0.710. The smallest absolute Gasteiger partial charge is 0.191 e. The molecule has 0 spiro atoms. The lowest BCUT2D eigenvalue weighted by Gasteiger charge is -2.32. The average Bonchev–Trinajstić information content (AvgIpc) is 3.11. The molecule has 1 aliphatic rings. The van der Waals surface area contributed by atoms with Gasteiger partial charge in [-0.25, -0.2) is 0 Å². The van der Waals surface area contributed by atoms with Crippen molar-refractivity contribution in [2.75, 3.05) is 53.5 Å². The quantitative estimate of drug-likeness (QED) is 0.494. The number of guanidine groups is 1. The Balaban J connectivity index is 1.62. The molecule has 0 saturated carbocycles. The van der Waals surface area contributed by atoms with Crippen LogP contribution in [0.5, 0.6) is 0 Å². The number of likely N-dealkylation sites (tertiary alicyclic amines) is 1. The van der Waals surface area contributed by atoms with Gasteiger partial charge in [-0.3, -0.25) is 4.99 Å². The zero-order valence-corrected chi connectivity index (χ0v) is 15.9. The first-order valence-electron chi connectivity index (χ1n) is 9.29. The maximum absolute atomic E-state index is 5.16. The van der Waals surface area contributed by atoms with Crippen LogP contribution in [-0.2, 0) is 17.7 Å². The van der Waals surface area contributed by atoms with Gasteiger partial charge in [-0.15, -0.1) is 10.2 Å². The molecule has 8 nitrogen and oxygen atoms in total. The average molecular weight is 351 g/mol. The van der Waals surface area contributed by atoms with Crippen LogP contribution in [0.2, 0.25) is 0 Å². The van der Waals surface area contributed by atoms with Gasteiger partial charge in [0.1, 0.15) is 12.2 Å². The zero-order chi connectivity index (χ0) is 17.9. The second kappa shape index (κ2) is 11.0. The maximum Gasteiger partial charge on any atom is 0.191 e. The van der Waals surface area contributed by atoms with Crippen molar-refractivity contribution in [3.05, 3.63) is 12.2 Å². The second-order valence-electron chi connectivity index (χ2n) is 6.45. The number of aryl methyl sites for hydroxylation is 1. The maximum atomic E-state index is 5.16. The predicted molar refractivity (Wildman–Crippen MR) is 99.8 cm³/mol. The van der Waals surface area contributed by atoms with Gasteiger partial charge in [0.05, 0.1) is 6.61 Å². The highest BCUT2D eigenvalue weighted by Crippen LogP contribution is 2.15. The van der Waals surface area contributed by atoms with Crippen molar-refractivity contribution in [1.29, 1.82) is 0 Å². The molecule has 1 fully saturated rings. The number of aromatic nitrogens is 3. The molecule has 1 aromatic rings. The molecular weight excluding hydrogens is 318 g/mol. The van der Waals surface area contributed by atoms with Crippen LogP contribution in [0.4, 0.5) is 0 Å². The highest BCUT2D eigenvalue weighted by molar-refractivity contribution is 5.79. The lowest BCUT2D eigenvalue weighted by Crippen LogP contribution is -2.44. The highest BCUT2D eigenvalue weighted by Gasteiger charge is 2.18. The molecular formula is C17H33N7O. The van der Waals surface area contributed by atoms with Crippen molar-refractivity contribution >= 4 is 5.96 Å². The Morgan fingerprint density at radius 1 is 1.32 bits per heavy atom. The SMILES string of the molecule is CCc1nncn1CCNC(=NC)NCC1CCN(CCOC)CC1. The van der Waals surface area contributed by atoms with Gasteiger partial charge in [-0.2, -0.15) is 0 Å². The van der Waals surface area contributed by atoms with Crippen LogP contribution in [0.1, 0.15) is 25.6 Å². The molecule has 25 heavy (non-hydrogen) atoms. The fraction of sp³-hybridized carbons (Fsp3) is 0.824. The molecule has 0 bridgehead atoms. The summed E-state index contributed by atoms with van der Waals surface area (Å²) in [7, 11) is 3.58. The van der Waals surface area contributed by atoms with Crippen LogP contribution < -0.4 is 10.6 Å². The van der Waals surface area contributed by atoms with E-state index in [1.54, 1.807) is 13.4 Å². The van der Waals surface area contributed by atoms with Crippen molar-refractivity contribution in [2.45, 2.75) is 32.7 Å². The van der Waals surface area contributed by atoms with E-state index in [9.17, 15) is 0 Å². The third kappa shape index (κ3) is 6.62. The third-order valence-electron chi connectivity index (χ3n) is 4.76. The topological polar surface area (TPSA) is 79.6 Å². The summed E-state index contributed by atoms with van der Waals surface area (Å²) in [6, 6.07) is 0. The van der Waals surface area contributed by atoms with Gasteiger partial charge in [0, 0.05) is 46.8 Å². The molecule has 1 aliphatic heterocycles. The molecule has 2 heterocycles. The van der Waals surface area contributed by atoms with Crippen LogP contribution in [0, 0.1) is 5.92 Å². The largest absolute Gasteiger partial charge is 0.383 e. The fourth-order valence-corrected chi connectivity index (χ4v) is 3.13. The third-order valence-corrected chi connectivity index (χ3v) is 4.76. The number of rotatable bonds is 9. The normalized spacial score (nSPS) is 17.0. The molecule has 0 unspecified atom stereocenters. The Hall–Kier alpha value is -1.67. The van der Waals surface area contributed by atoms with Crippen LogP contribution in [0.15, 0.2) is 11.3 Å². The minimum atomic E-state index is 0.710. The van der Waals surface area contributed by atoms with E-state index in [-0.39, 0.29) is 0 Å². The molecule has 1 saturated heterocycles. The van der Waals surface area contributed by atoms with E-state index >= 15 is 0 Å². The van der Waals surface area contributed by atoms with Crippen LogP contribution in [0.25, 0.3) is 0 Å². The summed E-state index contributed by atoms with van der Waals surface area (Å²) in [4.78, 5) is 6.80. The second-order valence-corrected chi connectivity index (χ2v) is 6.45. The van der Waals surface area contributed by atoms with E-state index in [0.29, 0.717) is 5.92 Å². The Labute approximate surface area is 151 Å².